The van der Waals surface area contributed by atoms with E-state index < -0.39 is 10.0 Å². The fourth-order valence-electron chi connectivity index (χ4n) is 3.63. The van der Waals surface area contributed by atoms with Gasteiger partial charge >= 0.3 is 0 Å². The van der Waals surface area contributed by atoms with Gasteiger partial charge in [-0.1, -0.05) is 43.5 Å². The number of rotatable bonds is 5. The van der Waals surface area contributed by atoms with Crippen molar-refractivity contribution in [3.63, 3.8) is 0 Å². The standard InChI is InChI=1S/C22H28N2O3S/c1-16-11-13-19(14-12-16)24(3)28(26,27)20-9-6-8-18(15-20)22(25)23-21-10-5-4-7-17(21)2/h6,8-9,11-15,17,21H,4-5,7,10H2,1-3H3,(H,23,25)/t17-,21+/m0/s1. The molecule has 0 unspecified atom stereocenters. The van der Waals surface area contributed by atoms with Crippen LogP contribution in [0.5, 0.6) is 0 Å². The fraction of sp³-hybridized carbons (Fsp3) is 0.409. The maximum absolute atomic E-state index is 13.0. The predicted octanol–water partition coefficient (Wildman–Crippen LogP) is 4.13. The average Bonchev–Trinajstić information content (AvgIpc) is 2.70. The Balaban J connectivity index is 1.81. The van der Waals surface area contributed by atoms with Crippen LogP contribution in [-0.2, 0) is 10.0 Å². The molecule has 28 heavy (non-hydrogen) atoms. The van der Waals surface area contributed by atoms with E-state index in [0.717, 1.165) is 24.8 Å². The second kappa shape index (κ2) is 8.35. The van der Waals surface area contributed by atoms with Crippen LogP contribution in [0.25, 0.3) is 0 Å². The number of carbonyl (C=O) groups excluding carboxylic acids is 1. The van der Waals surface area contributed by atoms with Crippen LogP contribution in [0.2, 0.25) is 0 Å². The van der Waals surface area contributed by atoms with Gasteiger partial charge in [0, 0.05) is 18.7 Å². The molecule has 1 amide bonds. The Bertz CT molecular complexity index is 939. The van der Waals surface area contributed by atoms with Gasteiger partial charge in [-0.15, -0.1) is 0 Å². The maximum atomic E-state index is 13.0. The first-order valence-electron chi connectivity index (χ1n) is 9.75. The first kappa shape index (κ1) is 20.4. The quantitative estimate of drug-likeness (QED) is 0.821. The Morgan fingerprint density at radius 3 is 2.43 bits per heavy atom. The van der Waals surface area contributed by atoms with Crippen molar-refractivity contribution in [3.05, 3.63) is 59.7 Å². The lowest BCUT2D eigenvalue weighted by molar-refractivity contribution is 0.0910. The Morgan fingerprint density at radius 2 is 1.75 bits per heavy atom. The number of anilines is 1. The zero-order chi connectivity index (χ0) is 20.3. The maximum Gasteiger partial charge on any atom is 0.264 e. The number of hydrogen-bond donors (Lipinski definition) is 1. The third-order valence-electron chi connectivity index (χ3n) is 5.58. The topological polar surface area (TPSA) is 66.5 Å². The summed E-state index contributed by atoms with van der Waals surface area (Å²) in [6.45, 7) is 4.11. The molecular formula is C22H28N2O3S. The van der Waals surface area contributed by atoms with Gasteiger partial charge in [-0.2, -0.15) is 0 Å². The normalized spacial score (nSPS) is 19.8. The summed E-state index contributed by atoms with van der Waals surface area (Å²) in [6.07, 6.45) is 4.40. The first-order valence-corrected chi connectivity index (χ1v) is 11.2. The predicted molar refractivity (Wildman–Crippen MR) is 112 cm³/mol. The molecule has 0 bridgehead atoms. The lowest BCUT2D eigenvalue weighted by Gasteiger charge is -2.29. The summed E-state index contributed by atoms with van der Waals surface area (Å²) in [4.78, 5) is 12.8. The van der Waals surface area contributed by atoms with Crippen molar-refractivity contribution >= 4 is 21.6 Å². The molecule has 1 fully saturated rings. The van der Waals surface area contributed by atoms with E-state index in [-0.39, 0.29) is 16.8 Å². The number of amides is 1. The summed E-state index contributed by atoms with van der Waals surface area (Å²) in [7, 11) is -2.23. The Hall–Kier alpha value is -2.34. The highest BCUT2D eigenvalue weighted by Gasteiger charge is 2.25. The first-order chi connectivity index (χ1) is 13.3. The van der Waals surface area contributed by atoms with Crippen LogP contribution in [-0.4, -0.2) is 27.4 Å². The molecule has 1 saturated carbocycles. The molecule has 1 aliphatic carbocycles. The molecule has 1 aliphatic rings. The molecule has 6 heteroatoms. The lowest BCUT2D eigenvalue weighted by Crippen LogP contribution is -2.41. The molecule has 150 valence electrons. The molecule has 0 saturated heterocycles. The summed E-state index contributed by atoms with van der Waals surface area (Å²) in [5.41, 5.74) is 2.01. The Labute approximate surface area is 167 Å². The van der Waals surface area contributed by atoms with E-state index >= 15 is 0 Å². The van der Waals surface area contributed by atoms with Crippen molar-refractivity contribution in [2.45, 2.75) is 50.5 Å². The number of nitrogens with one attached hydrogen (secondary N) is 1. The van der Waals surface area contributed by atoms with E-state index in [4.69, 9.17) is 0 Å². The molecule has 2 aromatic carbocycles. The van der Waals surface area contributed by atoms with Gasteiger partial charge in [-0.3, -0.25) is 9.10 Å². The van der Waals surface area contributed by atoms with Gasteiger partial charge in [0.1, 0.15) is 0 Å². The van der Waals surface area contributed by atoms with Gasteiger partial charge in [0.15, 0.2) is 0 Å². The van der Waals surface area contributed by atoms with Crippen LogP contribution < -0.4 is 9.62 Å². The van der Waals surface area contributed by atoms with Gasteiger partial charge in [0.25, 0.3) is 15.9 Å². The highest BCUT2D eigenvalue weighted by atomic mass is 32.2. The number of sulfonamides is 1. The molecule has 2 atom stereocenters. The van der Waals surface area contributed by atoms with Crippen LogP contribution in [0.1, 0.15) is 48.5 Å². The minimum absolute atomic E-state index is 0.111. The smallest absolute Gasteiger partial charge is 0.264 e. The summed E-state index contributed by atoms with van der Waals surface area (Å²) >= 11 is 0. The van der Waals surface area contributed by atoms with Crippen molar-refractivity contribution in [1.82, 2.24) is 5.32 Å². The van der Waals surface area contributed by atoms with Crippen LogP contribution in [0.15, 0.2) is 53.4 Å². The van der Waals surface area contributed by atoms with Gasteiger partial charge in [0.05, 0.1) is 10.6 Å². The number of nitrogens with zero attached hydrogens (tertiary/aromatic N) is 1. The monoisotopic (exact) mass is 400 g/mol. The van der Waals surface area contributed by atoms with E-state index in [9.17, 15) is 13.2 Å². The zero-order valence-electron chi connectivity index (χ0n) is 16.7. The summed E-state index contributed by atoms with van der Waals surface area (Å²) in [5.74, 6) is 0.228. The van der Waals surface area contributed by atoms with Gasteiger partial charge < -0.3 is 5.32 Å². The second-order valence-corrected chi connectivity index (χ2v) is 9.65. The molecule has 0 radical (unpaired) electrons. The molecule has 5 nitrogen and oxygen atoms in total. The third kappa shape index (κ3) is 4.38. The van der Waals surface area contributed by atoms with Crippen molar-refractivity contribution in [2.24, 2.45) is 5.92 Å². The molecule has 2 aromatic rings. The van der Waals surface area contributed by atoms with E-state index in [1.807, 2.05) is 19.1 Å². The van der Waals surface area contributed by atoms with Crippen molar-refractivity contribution in [1.29, 1.82) is 0 Å². The third-order valence-corrected chi connectivity index (χ3v) is 7.36. The molecule has 0 aliphatic heterocycles. The molecule has 1 N–H and O–H groups in total. The SMILES string of the molecule is Cc1ccc(N(C)S(=O)(=O)c2cccc(C(=O)N[C@@H]3CCCC[C@@H]3C)c2)cc1. The highest BCUT2D eigenvalue weighted by molar-refractivity contribution is 7.92. The van der Waals surface area contributed by atoms with Crippen LogP contribution in [0, 0.1) is 12.8 Å². The van der Waals surface area contributed by atoms with Crippen molar-refractivity contribution in [2.75, 3.05) is 11.4 Å². The number of carbonyl (C=O) groups is 1. The lowest BCUT2D eigenvalue weighted by atomic mass is 9.86. The van der Waals surface area contributed by atoms with E-state index in [2.05, 4.69) is 12.2 Å². The van der Waals surface area contributed by atoms with Gasteiger partial charge in [0.2, 0.25) is 0 Å². The summed E-state index contributed by atoms with van der Waals surface area (Å²) in [6, 6.07) is 13.7. The molecule has 0 heterocycles. The Morgan fingerprint density at radius 1 is 1.07 bits per heavy atom. The van der Waals surface area contributed by atoms with Crippen LogP contribution in [0.3, 0.4) is 0 Å². The van der Waals surface area contributed by atoms with E-state index in [0.29, 0.717) is 17.2 Å². The number of hydrogen-bond acceptors (Lipinski definition) is 3. The van der Waals surface area contributed by atoms with Crippen molar-refractivity contribution < 1.29 is 13.2 Å². The molecular weight excluding hydrogens is 372 g/mol. The molecule has 3 rings (SSSR count). The highest BCUT2D eigenvalue weighted by Crippen LogP contribution is 2.25. The van der Waals surface area contributed by atoms with Crippen LogP contribution in [0.4, 0.5) is 5.69 Å². The largest absolute Gasteiger partial charge is 0.349 e. The minimum Gasteiger partial charge on any atom is -0.349 e. The Kier molecular flexibility index (Phi) is 6.08. The summed E-state index contributed by atoms with van der Waals surface area (Å²) in [5, 5.41) is 3.08. The molecule has 0 aromatic heterocycles. The number of benzene rings is 2. The number of aryl methyl sites for hydroxylation is 1. The average molecular weight is 401 g/mol. The van der Waals surface area contributed by atoms with Crippen molar-refractivity contribution in [3.8, 4) is 0 Å². The summed E-state index contributed by atoms with van der Waals surface area (Å²) < 4.78 is 27.3. The zero-order valence-corrected chi connectivity index (χ0v) is 17.5. The van der Waals surface area contributed by atoms with Gasteiger partial charge in [-0.05, 0) is 56.0 Å². The second-order valence-electron chi connectivity index (χ2n) is 7.68. The van der Waals surface area contributed by atoms with E-state index in [1.165, 1.54) is 29.9 Å². The fourth-order valence-corrected chi connectivity index (χ4v) is 4.87. The molecule has 0 spiro atoms. The van der Waals surface area contributed by atoms with Gasteiger partial charge in [-0.25, -0.2) is 8.42 Å². The van der Waals surface area contributed by atoms with Crippen LogP contribution >= 0.6 is 0 Å². The van der Waals surface area contributed by atoms with E-state index in [1.54, 1.807) is 24.3 Å². The minimum atomic E-state index is -3.75.